The number of benzene rings is 1. The van der Waals surface area contributed by atoms with E-state index in [1.807, 2.05) is 13.1 Å². The van der Waals surface area contributed by atoms with Gasteiger partial charge in [-0.05, 0) is 47.1 Å². The van der Waals surface area contributed by atoms with Crippen LogP contribution in [0.15, 0.2) is 45.7 Å². The van der Waals surface area contributed by atoms with Crippen molar-refractivity contribution in [3.8, 4) is 17.1 Å². The molecule has 0 saturated heterocycles. The third kappa shape index (κ3) is 3.62. The number of carbonyl (C=O) groups excluding carboxylic acids is 1. The van der Waals surface area contributed by atoms with Gasteiger partial charge in [-0.2, -0.15) is 10.1 Å². The van der Waals surface area contributed by atoms with Crippen molar-refractivity contribution in [1.29, 1.82) is 0 Å². The summed E-state index contributed by atoms with van der Waals surface area (Å²) in [6.45, 7) is 1.75. The van der Waals surface area contributed by atoms with Crippen molar-refractivity contribution in [2.45, 2.75) is 13.0 Å². The highest BCUT2D eigenvalue weighted by atomic mass is 79.9. The third-order valence-electron chi connectivity index (χ3n) is 3.26. The smallest absolute Gasteiger partial charge is 0.255 e. The second kappa shape index (κ2) is 6.83. The predicted octanol–water partition coefficient (Wildman–Crippen LogP) is 2.17. The van der Waals surface area contributed by atoms with Crippen molar-refractivity contribution in [1.82, 2.24) is 19.9 Å². The summed E-state index contributed by atoms with van der Waals surface area (Å²) in [6, 6.07) is 6.79. The molecule has 0 bridgehead atoms. The number of aromatic nitrogens is 4. The number of nitrogens with zero attached hydrogens (tertiary/aromatic N) is 4. The van der Waals surface area contributed by atoms with E-state index >= 15 is 0 Å². The van der Waals surface area contributed by atoms with Gasteiger partial charge in [-0.3, -0.25) is 9.48 Å². The molecule has 0 aliphatic heterocycles. The number of hydrogen-bond acceptors (Lipinski definition) is 6. The summed E-state index contributed by atoms with van der Waals surface area (Å²) in [5.74, 6) is 0.927. The first-order valence-corrected chi connectivity index (χ1v) is 7.87. The Kier molecular flexibility index (Phi) is 4.61. The van der Waals surface area contributed by atoms with Crippen LogP contribution in [0.4, 0.5) is 0 Å². The number of ether oxygens (including phenoxy) is 1. The summed E-state index contributed by atoms with van der Waals surface area (Å²) < 4.78 is 13.1. The highest BCUT2D eigenvalue weighted by molar-refractivity contribution is 9.10. The number of rotatable bonds is 6. The van der Waals surface area contributed by atoms with E-state index in [-0.39, 0.29) is 12.6 Å². The lowest BCUT2D eigenvalue weighted by Crippen LogP contribution is -2.19. The summed E-state index contributed by atoms with van der Waals surface area (Å²) in [7, 11) is 0. The molecule has 124 valence electrons. The Balaban J connectivity index is 1.74. The molecule has 1 amide bonds. The van der Waals surface area contributed by atoms with Gasteiger partial charge >= 0.3 is 0 Å². The van der Waals surface area contributed by atoms with Crippen LogP contribution < -0.4 is 10.5 Å². The standard InChI is InChI=1S/C15H14BrN5O3/c1-9(21-7-11(16)6-18-21)15-19-14(20-24-15)10-2-4-12(5-3-10)23-8-13(17)22/h2-7,9H,8H2,1H3,(H2,17,22). The lowest BCUT2D eigenvalue weighted by atomic mass is 10.2. The predicted molar refractivity (Wildman–Crippen MR) is 88.2 cm³/mol. The van der Waals surface area contributed by atoms with Gasteiger partial charge in [0.2, 0.25) is 5.82 Å². The minimum absolute atomic E-state index is 0.164. The first-order valence-electron chi connectivity index (χ1n) is 7.07. The summed E-state index contributed by atoms with van der Waals surface area (Å²) in [6.07, 6.45) is 3.53. The van der Waals surface area contributed by atoms with E-state index in [1.165, 1.54) is 0 Å². The number of primary amides is 1. The fraction of sp³-hybridized carbons (Fsp3) is 0.200. The number of carbonyl (C=O) groups is 1. The lowest BCUT2D eigenvalue weighted by molar-refractivity contribution is -0.119. The minimum atomic E-state index is -0.527. The molecule has 1 atom stereocenters. The average molecular weight is 392 g/mol. The van der Waals surface area contributed by atoms with Crippen molar-refractivity contribution < 1.29 is 14.1 Å². The Morgan fingerprint density at radius 3 is 2.79 bits per heavy atom. The van der Waals surface area contributed by atoms with Gasteiger partial charge < -0.3 is 15.0 Å². The van der Waals surface area contributed by atoms with Crippen LogP contribution in [-0.2, 0) is 4.79 Å². The van der Waals surface area contributed by atoms with Gasteiger partial charge in [-0.1, -0.05) is 5.16 Å². The van der Waals surface area contributed by atoms with E-state index in [2.05, 4.69) is 31.2 Å². The molecule has 0 radical (unpaired) electrons. The van der Waals surface area contributed by atoms with Crippen molar-refractivity contribution in [3.05, 3.63) is 47.0 Å². The molecule has 2 N–H and O–H groups in total. The van der Waals surface area contributed by atoms with Gasteiger partial charge in [0.25, 0.3) is 11.8 Å². The Bertz CT molecular complexity index is 843. The second-order valence-electron chi connectivity index (χ2n) is 5.05. The quantitative estimate of drug-likeness (QED) is 0.689. The largest absolute Gasteiger partial charge is 0.484 e. The third-order valence-corrected chi connectivity index (χ3v) is 3.67. The number of amides is 1. The van der Waals surface area contributed by atoms with Crippen LogP contribution in [0.5, 0.6) is 5.75 Å². The van der Waals surface area contributed by atoms with Crippen molar-refractivity contribution >= 4 is 21.8 Å². The molecule has 3 aromatic rings. The van der Waals surface area contributed by atoms with Crippen molar-refractivity contribution in [2.24, 2.45) is 5.73 Å². The summed E-state index contributed by atoms with van der Waals surface area (Å²) >= 11 is 3.35. The minimum Gasteiger partial charge on any atom is -0.484 e. The summed E-state index contributed by atoms with van der Waals surface area (Å²) in [4.78, 5) is 15.1. The van der Waals surface area contributed by atoms with E-state index in [0.29, 0.717) is 17.5 Å². The van der Waals surface area contributed by atoms with E-state index in [9.17, 15) is 4.79 Å². The molecule has 8 nitrogen and oxygen atoms in total. The zero-order valence-electron chi connectivity index (χ0n) is 12.7. The van der Waals surface area contributed by atoms with Crippen LogP contribution in [0.25, 0.3) is 11.4 Å². The Morgan fingerprint density at radius 2 is 2.17 bits per heavy atom. The van der Waals surface area contributed by atoms with Crippen LogP contribution in [0.2, 0.25) is 0 Å². The van der Waals surface area contributed by atoms with Crippen LogP contribution in [-0.4, -0.2) is 32.4 Å². The SMILES string of the molecule is CC(c1nc(-c2ccc(OCC(N)=O)cc2)no1)n1cc(Br)cn1. The van der Waals surface area contributed by atoms with Gasteiger partial charge in [-0.15, -0.1) is 0 Å². The topological polar surface area (TPSA) is 109 Å². The molecule has 0 fully saturated rings. The molecule has 0 aliphatic rings. The molecule has 24 heavy (non-hydrogen) atoms. The van der Waals surface area contributed by atoms with Gasteiger partial charge in [-0.25, -0.2) is 0 Å². The average Bonchev–Trinajstić information content (AvgIpc) is 3.22. The zero-order chi connectivity index (χ0) is 17.1. The molecule has 2 aromatic heterocycles. The molecule has 0 spiro atoms. The van der Waals surface area contributed by atoms with Gasteiger partial charge in [0.15, 0.2) is 6.61 Å². The van der Waals surface area contributed by atoms with Crippen LogP contribution >= 0.6 is 15.9 Å². The highest BCUT2D eigenvalue weighted by Crippen LogP contribution is 2.23. The number of hydrogen-bond donors (Lipinski definition) is 1. The molecule has 0 saturated carbocycles. The van der Waals surface area contributed by atoms with Crippen LogP contribution in [0.3, 0.4) is 0 Å². The molecular weight excluding hydrogens is 378 g/mol. The molecular formula is C15H14BrN5O3. The molecule has 2 heterocycles. The Morgan fingerprint density at radius 1 is 1.42 bits per heavy atom. The monoisotopic (exact) mass is 391 g/mol. The van der Waals surface area contributed by atoms with Gasteiger partial charge in [0, 0.05) is 11.8 Å². The van der Waals surface area contributed by atoms with Gasteiger partial charge in [0.05, 0.1) is 10.7 Å². The van der Waals surface area contributed by atoms with Crippen molar-refractivity contribution in [2.75, 3.05) is 6.61 Å². The molecule has 0 aliphatic carbocycles. The second-order valence-corrected chi connectivity index (χ2v) is 5.97. The van der Waals surface area contributed by atoms with E-state index in [1.54, 1.807) is 35.1 Å². The fourth-order valence-corrected chi connectivity index (χ4v) is 2.32. The number of halogens is 1. The molecule has 9 heteroatoms. The molecule has 1 aromatic carbocycles. The summed E-state index contributed by atoms with van der Waals surface area (Å²) in [5.41, 5.74) is 5.80. The number of nitrogens with two attached hydrogens (primary N) is 1. The zero-order valence-corrected chi connectivity index (χ0v) is 14.3. The van der Waals surface area contributed by atoms with Crippen LogP contribution in [0, 0.1) is 0 Å². The Hall–Kier alpha value is -2.68. The first-order chi connectivity index (χ1) is 11.5. The van der Waals surface area contributed by atoms with Crippen LogP contribution in [0.1, 0.15) is 18.9 Å². The van der Waals surface area contributed by atoms with Crippen molar-refractivity contribution in [3.63, 3.8) is 0 Å². The van der Waals surface area contributed by atoms with E-state index < -0.39 is 5.91 Å². The summed E-state index contributed by atoms with van der Waals surface area (Å²) in [5, 5.41) is 8.20. The highest BCUT2D eigenvalue weighted by Gasteiger charge is 2.17. The maximum Gasteiger partial charge on any atom is 0.255 e. The molecule has 1 unspecified atom stereocenters. The van der Waals surface area contributed by atoms with Gasteiger partial charge in [0.1, 0.15) is 11.8 Å². The first kappa shape index (κ1) is 16.2. The maximum atomic E-state index is 10.7. The normalized spacial score (nSPS) is 12.1. The maximum absolute atomic E-state index is 10.7. The Labute approximate surface area is 145 Å². The van der Waals surface area contributed by atoms with E-state index in [0.717, 1.165) is 10.0 Å². The van der Waals surface area contributed by atoms with E-state index in [4.69, 9.17) is 15.0 Å². The molecule has 3 rings (SSSR count). The fourth-order valence-electron chi connectivity index (χ4n) is 2.02. The lowest BCUT2D eigenvalue weighted by Gasteiger charge is -2.05.